The molecule has 0 spiro atoms. The van der Waals surface area contributed by atoms with Gasteiger partial charge in [0.1, 0.15) is 0 Å². The monoisotopic (exact) mass is 296 g/mol. The van der Waals surface area contributed by atoms with Crippen LogP contribution in [0.25, 0.3) is 0 Å². The molecule has 0 radical (unpaired) electrons. The Morgan fingerprint density at radius 2 is 1.10 bits per heavy atom. The van der Waals surface area contributed by atoms with Gasteiger partial charge >= 0.3 is 0 Å². The predicted octanol–water partition coefficient (Wildman–Crippen LogP) is 8.15. The molecule has 0 aromatic carbocycles. The summed E-state index contributed by atoms with van der Waals surface area (Å²) in [4.78, 5) is 0. The molecule has 0 heterocycles. The van der Waals surface area contributed by atoms with Crippen LogP contribution in [0.3, 0.4) is 0 Å². The third-order valence-electron chi connectivity index (χ3n) is 5.08. The van der Waals surface area contributed by atoms with Crippen LogP contribution in [-0.4, -0.2) is 0 Å². The minimum atomic E-state index is 0.955. The molecule has 2 atom stereocenters. The molecule has 0 aliphatic heterocycles. The molecule has 128 valence electrons. The largest absolute Gasteiger partial charge is 0.0654 e. The lowest BCUT2D eigenvalue weighted by atomic mass is 9.87. The van der Waals surface area contributed by atoms with Gasteiger partial charge in [-0.2, -0.15) is 0 Å². The van der Waals surface area contributed by atoms with E-state index in [0.717, 1.165) is 11.8 Å². The second kappa shape index (κ2) is 16.4. The summed E-state index contributed by atoms with van der Waals surface area (Å²) in [6.07, 6.45) is 21.7. The zero-order chi connectivity index (χ0) is 15.8. The average Bonchev–Trinajstić information content (AvgIpc) is 2.49. The van der Waals surface area contributed by atoms with E-state index in [2.05, 4.69) is 27.7 Å². The zero-order valence-corrected chi connectivity index (χ0v) is 15.8. The smallest absolute Gasteiger partial charge is 0.0414 e. The molecule has 0 aliphatic carbocycles. The fourth-order valence-corrected chi connectivity index (χ4v) is 3.47. The Morgan fingerprint density at radius 1 is 0.571 bits per heavy atom. The average molecular weight is 297 g/mol. The molecular weight excluding hydrogens is 252 g/mol. The lowest BCUT2D eigenvalue weighted by Crippen LogP contribution is -2.06. The van der Waals surface area contributed by atoms with Gasteiger partial charge < -0.3 is 0 Å². The van der Waals surface area contributed by atoms with Gasteiger partial charge in [-0.3, -0.25) is 0 Å². The number of unbranched alkanes of at least 4 members (excludes halogenated alkanes) is 9. The summed E-state index contributed by atoms with van der Waals surface area (Å²) in [5, 5.41) is 0. The normalized spacial score (nSPS) is 14.3. The summed E-state index contributed by atoms with van der Waals surface area (Å²) in [5.41, 5.74) is 0. The van der Waals surface area contributed by atoms with E-state index in [-0.39, 0.29) is 0 Å². The van der Waals surface area contributed by atoms with Crippen LogP contribution in [0.2, 0.25) is 0 Å². The molecule has 0 heteroatoms. The van der Waals surface area contributed by atoms with Crippen molar-refractivity contribution in [3.8, 4) is 0 Å². The molecular formula is C21H44. The quantitative estimate of drug-likeness (QED) is 0.252. The molecule has 0 saturated carbocycles. The first-order valence-electron chi connectivity index (χ1n) is 10.2. The summed E-state index contributed by atoms with van der Waals surface area (Å²) in [6.45, 7) is 9.48. The number of rotatable bonds is 16. The highest BCUT2D eigenvalue weighted by Gasteiger charge is 2.10. The van der Waals surface area contributed by atoms with Crippen molar-refractivity contribution in [2.75, 3.05) is 0 Å². The Kier molecular flexibility index (Phi) is 16.4. The van der Waals surface area contributed by atoms with Crippen molar-refractivity contribution < 1.29 is 0 Å². The van der Waals surface area contributed by atoms with Crippen LogP contribution in [0, 0.1) is 11.8 Å². The van der Waals surface area contributed by atoms with Crippen molar-refractivity contribution in [2.45, 2.75) is 124 Å². The van der Waals surface area contributed by atoms with E-state index < -0.39 is 0 Å². The second-order valence-electron chi connectivity index (χ2n) is 7.37. The fraction of sp³-hybridized carbons (Fsp3) is 1.00. The summed E-state index contributed by atoms with van der Waals surface area (Å²) < 4.78 is 0. The molecule has 0 nitrogen and oxygen atoms in total. The van der Waals surface area contributed by atoms with Crippen molar-refractivity contribution in [1.82, 2.24) is 0 Å². The van der Waals surface area contributed by atoms with E-state index in [0.29, 0.717) is 0 Å². The van der Waals surface area contributed by atoms with Gasteiger partial charge in [0.25, 0.3) is 0 Å². The van der Waals surface area contributed by atoms with E-state index in [1.165, 1.54) is 96.3 Å². The van der Waals surface area contributed by atoms with Gasteiger partial charge in [-0.15, -0.1) is 0 Å². The minimum Gasteiger partial charge on any atom is -0.0654 e. The highest BCUT2D eigenvalue weighted by molar-refractivity contribution is 4.63. The number of hydrogen-bond donors (Lipinski definition) is 0. The maximum absolute atomic E-state index is 2.49. The Bertz CT molecular complexity index is 184. The van der Waals surface area contributed by atoms with E-state index in [1.54, 1.807) is 0 Å². The number of hydrogen-bond acceptors (Lipinski definition) is 0. The van der Waals surface area contributed by atoms with Gasteiger partial charge in [0, 0.05) is 0 Å². The minimum absolute atomic E-state index is 0.955. The van der Waals surface area contributed by atoms with E-state index in [1.807, 2.05) is 0 Å². The molecule has 0 bridgehead atoms. The second-order valence-corrected chi connectivity index (χ2v) is 7.37. The SMILES string of the molecule is CCCCCCCCCCCC(C)CC(CC)CCCC. The molecule has 0 saturated heterocycles. The Labute approximate surface area is 136 Å². The molecule has 0 rings (SSSR count). The fourth-order valence-electron chi connectivity index (χ4n) is 3.47. The van der Waals surface area contributed by atoms with Gasteiger partial charge in [-0.05, 0) is 18.3 Å². The highest BCUT2D eigenvalue weighted by atomic mass is 14.2. The van der Waals surface area contributed by atoms with Crippen LogP contribution >= 0.6 is 0 Å². The summed E-state index contributed by atoms with van der Waals surface area (Å²) in [6, 6.07) is 0. The van der Waals surface area contributed by atoms with Crippen molar-refractivity contribution >= 4 is 0 Å². The third kappa shape index (κ3) is 14.7. The summed E-state index contributed by atoms with van der Waals surface area (Å²) >= 11 is 0. The van der Waals surface area contributed by atoms with Crippen molar-refractivity contribution in [1.29, 1.82) is 0 Å². The Balaban J connectivity index is 3.37. The molecule has 0 fully saturated rings. The predicted molar refractivity (Wildman–Crippen MR) is 98.9 cm³/mol. The van der Waals surface area contributed by atoms with Gasteiger partial charge in [0.2, 0.25) is 0 Å². The van der Waals surface area contributed by atoms with Gasteiger partial charge in [0.05, 0.1) is 0 Å². The van der Waals surface area contributed by atoms with Gasteiger partial charge in [0.15, 0.2) is 0 Å². The Hall–Kier alpha value is 0. The maximum atomic E-state index is 2.49. The molecule has 0 aromatic heterocycles. The maximum Gasteiger partial charge on any atom is -0.0414 e. The van der Waals surface area contributed by atoms with Gasteiger partial charge in [-0.1, -0.05) is 118 Å². The van der Waals surface area contributed by atoms with Crippen LogP contribution in [-0.2, 0) is 0 Å². The lowest BCUT2D eigenvalue weighted by Gasteiger charge is -2.19. The van der Waals surface area contributed by atoms with Crippen molar-refractivity contribution in [2.24, 2.45) is 11.8 Å². The molecule has 21 heavy (non-hydrogen) atoms. The highest BCUT2D eigenvalue weighted by Crippen LogP contribution is 2.24. The topological polar surface area (TPSA) is 0 Å². The van der Waals surface area contributed by atoms with Crippen LogP contribution in [0.15, 0.2) is 0 Å². The lowest BCUT2D eigenvalue weighted by molar-refractivity contribution is 0.332. The van der Waals surface area contributed by atoms with Gasteiger partial charge in [-0.25, -0.2) is 0 Å². The van der Waals surface area contributed by atoms with Crippen LogP contribution in [0.5, 0.6) is 0 Å². The molecule has 0 aliphatic rings. The van der Waals surface area contributed by atoms with Crippen LogP contribution in [0.4, 0.5) is 0 Å². The first-order chi connectivity index (χ1) is 10.2. The molecule has 0 amide bonds. The van der Waals surface area contributed by atoms with Crippen LogP contribution in [0.1, 0.15) is 124 Å². The Morgan fingerprint density at radius 3 is 1.62 bits per heavy atom. The zero-order valence-electron chi connectivity index (χ0n) is 15.8. The third-order valence-corrected chi connectivity index (χ3v) is 5.08. The van der Waals surface area contributed by atoms with E-state index >= 15 is 0 Å². The molecule has 2 unspecified atom stereocenters. The van der Waals surface area contributed by atoms with E-state index in [4.69, 9.17) is 0 Å². The van der Waals surface area contributed by atoms with E-state index in [9.17, 15) is 0 Å². The van der Waals surface area contributed by atoms with Crippen LogP contribution < -0.4 is 0 Å². The van der Waals surface area contributed by atoms with Crippen molar-refractivity contribution in [3.63, 3.8) is 0 Å². The standard InChI is InChI=1S/C21H44/c1-5-8-10-11-12-13-14-15-16-17-20(4)19-21(7-3)18-9-6-2/h20-21H,5-19H2,1-4H3. The summed E-state index contributed by atoms with van der Waals surface area (Å²) in [7, 11) is 0. The molecule has 0 aromatic rings. The summed E-state index contributed by atoms with van der Waals surface area (Å²) in [5.74, 6) is 1.95. The first kappa shape index (κ1) is 21.0. The molecule has 0 N–H and O–H groups in total. The van der Waals surface area contributed by atoms with Crippen molar-refractivity contribution in [3.05, 3.63) is 0 Å². The first-order valence-corrected chi connectivity index (χ1v) is 10.2.